The van der Waals surface area contributed by atoms with Gasteiger partial charge in [-0.15, -0.1) is 0 Å². The van der Waals surface area contributed by atoms with E-state index in [1.165, 1.54) is 11.0 Å². The number of imide groups is 1. The Bertz CT molecular complexity index is 1750. The second kappa shape index (κ2) is 10.3. The fourth-order valence-corrected chi connectivity index (χ4v) is 7.48. The molecule has 1 heterocycles. The van der Waals surface area contributed by atoms with Crippen molar-refractivity contribution in [3.8, 4) is 0 Å². The third-order valence-electron chi connectivity index (χ3n) is 8.90. The van der Waals surface area contributed by atoms with Crippen molar-refractivity contribution in [1.29, 1.82) is 0 Å². The maximum absolute atomic E-state index is 14.0. The maximum Gasteiger partial charge on any atom is 0.338 e. The van der Waals surface area contributed by atoms with Crippen molar-refractivity contribution in [2.45, 2.75) is 25.7 Å². The lowest BCUT2D eigenvalue weighted by Gasteiger charge is -2.45. The zero-order chi connectivity index (χ0) is 30.0. The molecule has 4 aromatic rings. The Kier molecular flexibility index (Phi) is 6.54. The predicted molar refractivity (Wildman–Crippen MR) is 165 cm³/mol. The third-order valence-corrected chi connectivity index (χ3v) is 9.76. The highest BCUT2D eigenvalue weighted by Crippen LogP contribution is 2.61. The molecule has 3 aliphatic carbocycles. The van der Waals surface area contributed by atoms with E-state index in [2.05, 4.69) is 45.5 Å². The molecule has 3 amide bonds. The van der Waals surface area contributed by atoms with Crippen LogP contribution in [0.1, 0.15) is 55.6 Å². The number of aryl methyl sites for hydroxylation is 2. The molecule has 4 aromatic carbocycles. The molecule has 43 heavy (non-hydrogen) atoms. The van der Waals surface area contributed by atoms with E-state index in [0.29, 0.717) is 11.4 Å². The summed E-state index contributed by atoms with van der Waals surface area (Å²) in [4.78, 5) is 54.8. The molecule has 1 N–H and O–H groups in total. The number of carbonyl (C=O) groups excluding carboxylic acids is 4. The first kappa shape index (κ1) is 27.3. The molecule has 8 heteroatoms. The van der Waals surface area contributed by atoms with Gasteiger partial charge in [-0.1, -0.05) is 70.5 Å². The summed E-state index contributed by atoms with van der Waals surface area (Å²) >= 11 is 3.47. The highest BCUT2D eigenvalue weighted by Gasteiger charge is 2.61. The van der Waals surface area contributed by atoms with Crippen LogP contribution in [0, 0.1) is 25.7 Å². The number of benzene rings is 4. The van der Waals surface area contributed by atoms with Gasteiger partial charge in [0.1, 0.15) is 0 Å². The van der Waals surface area contributed by atoms with E-state index in [0.717, 1.165) is 37.9 Å². The van der Waals surface area contributed by atoms with Gasteiger partial charge in [-0.2, -0.15) is 0 Å². The Morgan fingerprint density at radius 1 is 0.767 bits per heavy atom. The Labute approximate surface area is 257 Å². The van der Waals surface area contributed by atoms with Crippen LogP contribution in [0.25, 0.3) is 0 Å². The second-order valence-electron chi connectivity index (χ2n) is 11.4. The van der Waals surface area contributed by atoms with Crippen molar-refractivity contribution >= 4 is 51.0 Å². The highest BCUT2D eigenvalue weighted by atomic mass is 79.9. The maximum atomic E-state index is 14.0. The van der Waals surface area contributed by atoms with Crippen molar-refractivity contribution in [1.82, 2.24) is 0 Å². The summed E-state index contributed by atoms with van der Waals surface area (Å²) < 4.78 is 6.24. The van der Waals surface area contributed by atoms with Crippen molar-refractivity contribution in [3.63, 3.8) is 0 Å². The summed E-state index contributed by atoms with van der Waals surface area (Å²) in [6, 6.07) is 26.2. The molecule has 1 saturated heterocycles. The van der Waals surface area contributed by atoms with Crippen molar-refractivity contribution in [2.24, 2.45) is 11.8 Å². The zero-order valence-electron chi connectivity index (χ0n) is 23.5. The van der Waals surface area contributed by atoms with Crippen LogP contribution >= 0.6 is 15.9 Å². The molecule has 0 unspecified atom stereocenters. The number of nitrogens with one attached hydrogen (secondary N) is 1. The first-order valence-corrected chi connectivity index (χ1v) is 14.9. The van der Waals surface area contributed by atoms with Crippen LogP contribution in [-0.4, -0.2) is 30.3 Å². The highest BCUT2D eigenvalue weighted by molar-refractivity contribution is 9.10. The number of halogens is 1. The number of rotatable bonds is 5. The van der Waals surface area contributed by atoms with Gasteiger partial charge in [-0.25, -0.2) is 9.69 Å². The number of ether oxygens (including phenoxy) is 1. The van der Waals surface area contributed by atoms with E-state index in [1.54, 1.807) is 18.2 Å². The monoisotopic (exact) mass is 634 g/mol. The largest absolute Gasteiger partial charge is 0.452 e. The smallest absolute Gasteiger partial charge is 0.338 e. The SMILES string of the molecule is Cc1cc(NC(=O)COC(=O)c2cccc(N3C(=O)[C@@H]4C5c6ccccc6C(c6ccccc65)[C@H]4C3=O)c2)c(C)cc1Br. The van der Waals surface area contributed by atoms with Crippen LogP contribution in [0.4, 0.5) is 11.4 Å². The lowest BCUT2D eigenvalue weighted by Crippen LogP contribution is -2.41. The fraction of sp³-hybridized carbons (Fsp3) is 0.200. The van der Waals surface area contributed by atoms with E-state index in [4.69, 9.17) is 4.74 Å². The van der Waals surface area contributed by atoms with Crippen LogP contribution < -0.4 is 10.2 Å². The predicted octanol–water partition coefficient (Wildman–Crippen LogP) is 6.26. The molecular formula is C35H27BrN2O5. The average Bonchev–Trinajstić information content (AvgIpc) is 3.28. The van der Waals surface area contributed by atoms with Crippen LogP contribution in [-0.2, 0) is 19.1 Å². The quantitative estimate of drug-likeness (QED) is 0.207. The van der Waals surface area contributed by atoms with E-state index in [9.17, 15) is 19.2 Å². The summed E-state index contributed by atoms with van der Waals surface area (Å²) in [5.74, 6) is -3.20. The summed E-state index contributed by atoms with van der Waals surface area (Å²) in [6.07, 6.45) is 0. The van der Waals surface area contributed by atoms with Crippen molar-refractivity contribution in [3.05, 3.63) is 128 Å². The lowest BCUT2D eigenvalue weighted by atomic mass is 9.55. The average molecular weight is 636 g/mol. The topological polar surface area (TPSA) is 92.8 Å². The van der Waals surface area contributed by atoms with Crippen LogP contribution in [0.2, 0.25) is 0 Å². The minimum atomic E-state index is -0.725. The standard InChI is InChI=1S/C35H27BrN2O5/c1-18-15-27(19(2)14-26(18)36)37-28(39)17-43-35(42)20-8-7-9-21(16-20)38-33(40)31-29-22-10-3-4-11-23(22)30(32(31)34(38)41)25-13-6-5-12-24(25)29/h3-16,29-32H,17H2,1-2H3,(H,37,39)/t29?,30?,31-,32-/m1/s1. The Morgan fingerprint density at radius 2 is 1.33 bits per heavy atom. The fourth-order valence-electron chi connectivity index (χ4n) is 7.02. The number of hydrogen-bond acceptors (Lipinski definition) is 5. The van der Waals surface area contributed by atoms with E-state index in [1.807, 2.05) is 50.2 Å². The second-order valence-corrected chi connectivity index (χ2v) is 12.2. The molecular weight excluding hydrogens is 608 g/mol. The normalized spacial score (nSPS) is 21.2. The van der Waals surface area contributed by atoms with Crippen LogP contribution in [0.3, 0.4) is 0 Å². The van der Waals surface area contributed by atoms with Gasteiger partial charge >= 0.3 is 5.97 Å². The van der Waals surface area contributed by atoms with Crippen LogP contribution in [0.15, 0.2) is 89.4 Å². The van der Waals surface area contributed by atoms with E-state index >= 15 is 0 Å². The van der Waals surface area contributed by atoms with Gasteiger partial charge < -0.3 is 10.1 Å². The molecule has 2 atom stereocenters. The molecule has 1 fully saturated rings. The number of carbonyl (C=O) groups is 4. The van der Waals surface area contributed by atoms with Gasteiger partial charge in [-0.05, 0) is 77.6 Å². The first-order valence-electron chi connectivity index (χ1n) is 14.1. The van der Waals surface area contributed by atoms with E-state index in [-0.39, 0.29) is 29.2 Å². The number of hydrogen-bond donors (Lipinski definition) is 1. The third kappa shape index (κ3) is 4.31. The minimum Gasteiger partial charge on any atom is -0.452 e. The van der Waals surface area contributed by atoms with Gasteiger partial charge in [0.05, 0.1) is 23.1 Å². The molecule has 0 aromatic heterocycles. The number of esters is 1. The summed E-state index contributed by atoms with van der Waals surface area (Å²) in [6.45, 7) is 3.31. The minimum absolute atomic E-state index is 0.144. The molecule has 0 radical (unpaired) electrons. The Hall–Kier alpha value is -4.56. The molecule has 4 aliphatic rings. The number of nitrogens with zero attached hydrogens (tertiary/aromatic N) is 1. The van der Waals surface area contributed by atoms with Crippen molar-refractivity contribution < 1.29 is 23.9 Å². The number of amides is 3. The lowest BCUT2D eigenvalue weighted by molar-refractivity contribution is -0.122. The van der Waals surface area contributed by atoms with Crippen molar-refractivity contribution in [2.75, 3.05) is 16.8 Å². The van der Waals surface area contributed by atoms with Gasteiger partial charge in [0.2, 0.25) is 11.8 Å². The van der Waals surface area contributed by atoms with Gasteiger partial charge in [0, 0.05) is 22.0 Å². The summed E-state index contributed by atoms with van der Waals surface area (Å²) in [7, 11) is 0. The number of anilines is 2. The van der Waals surface area contributed by atoms with Gasteiger partial charge in [0.25, 0.3) is 5.91 Å². The molecule has 7 nitrogen and oxygen atoms in total. The molecule has 2 bridgehead atoms. The molecule has 0 saturated carbocycles. The Balaban J connectivity index is 1.12. The van der Waals surface area contributed by atoms with E-state index < -0.39 is 30.3 Å². The van der Waals surface area contributed by atoms with Gasteiger partial charge in [0.15, 0.2) is 6.61 Å². The molecule has 8 rings (SSSR count). The molecule has 1 aliphatic heterocycles. The van der Waals surface area contributed by atoms with Gasteiger partial charge in [-0.3, -0.25) is 14.4 Å². The molecule has 0 spiro atoms. The first-order chi connectivity index (χ1) is 20.7. The zero-order valence-corrected chi connectivity index (χ0v) is 25.1. The summed E-state index contributed by atoms with van der Waals surface area (Å²) in [5.41, 5.74) is 7.31. The molecule has 214 valence electrons. The Morgan fingerprint density at radius 3 is 1.88 bits per heavy atom. The van der Waals surface area contributed by atoms with Crippen LogP contribution in [0.5, 0.6) is 0 Å². The summed E-state index contributed by atoms with van der Waals surface area (Å²) in [5, 5.41) is 2.78.